The minimum absolute atomic E-state index is 0.0254. The summed E-state index contributed by atoms with van der Waals surface area (Å²) in [6, 6.07) is 2.23. The van der Waals surface area contributed by atoms with E-state index >= 15 is 0 Å². The summed E-state index contributed by atoms with van der Waals surface area (Å²) in [6.45, 7) is -0.431. The molecular weight excluding hydrogens is 258 g/mol. The van der Waals surface area contributed by atoms with Crippen molar-refractivity contribution in [3.63, 3.8) is 0 Å². The van der Waals surface area contributed by atoms with Crippen LogP contribution in [0.25, 0.3) is 0 Å². The van der Waals surface area contributed by atoms with Gasteiger partial charge in [-0.25, -0.2) is 8.78 Å². The van der Waals surface area contributed by atoms with Gasteiger partial charge in [0.05, 0.1) is 17.2 Å². The van der Waals surface area contributed by atoms with Crippen LogP contribution in [0.1, 0.15) is 5.56 Å². The first-order chi connectivity index (χ1) is 6.54. The van der Waals surface area contributed by atoms with E-state index in [2.05, 4.69) is 15.9 Å². The van der Waals surface area contributed by atoms with Gasteiger partial charge in [-0.15, -0.1) is 0 Å². The van der Waals surface area contributed by atoms with Crippen molar-refractivity contribution in [3.8, 4) is 0 Å². The summed E-state index contributed by atoms with van der Waals surface area (Å²) in [4.78, 5) is 0. The quantitative estimate of drug-likeness (QED) is 0.817. The molecule has 0 amide bonds. The van der Waals surface area contributed by atoms with E-state index in [4.69, 9.17) is 10.2 Å². The van der Waals surface area contributed by atoms with Gasteiger partial charge in [-0.3, -0.25) is 0 Å². The predicted octanol–water partition coefficient (Wildman–Crippen LogP) is 1.62. The monoisotopic (exact) mass is 266 g/mol. The fraction of sp³-hybridized carbons (Fsp3) is 0.333. The maximum absolute atomic E-state index is 13.0. The van der Waals surface area contributed by atoms with Crippen molar-refractivity contribution in [2.75, 3.05) is 6.61 Å². The summed E-state index contributed by atoms with van der Waals surface area (Å²) in [5, 5.41) is 17.6. The minimum Gasteiger partial charge on any atom is -0.394 e. The summed E-state index contributed by atoms with van der Waals surface area (Å²) in [6.07, 6.45) is -0.965. The summed E-state index contributed by atoms with van der Waals surface area (Å²) >= 11 is 2.73. The van der Waals surface area contributed by atoms with Gasteiger partial charge in [0.1, 0.15) is 11.6 Å². The topological polar surface area (TPSA) is 40.5 Å². The van der Waals surface area contributed by atoms with Crippen LogP contribution in [-0.2, 0) is 6.42 Å². The molecule has 0 spiro atoms. The molecule has 1 rings (SSSR count). The largest absolute Gasteiger partial charge is 0.394 e. The molecule has 0 radical (unpaired) electrons. The summed E-state index contributed by atoms with van der Waals surface area (Å²) in [5.74, 6) is -1.43. The molecule has 0 aliphatic carbocycles. The summed E-state index contributed by atoms with van der Waals surface area (Å²) in [5.41, 5.74) is 0.310. The van der Waals surface area contributed by atoms with E-state index in [0.29, 0.717) is 5.56 Å². The van der Waals surface area contributed by atoms with Crippen molar-refractivity contribution in [2.24, 2.45) is 0 Å². The molecule has 1 atom stereocenters. The van der Waals surface area contributed by atoms with E-state index in [1.807, 2.05) is 0 Å². The third kappa shape index (κ3) is 2.73. The highest BCUT2D eigenvalue weighted by atomic mass is 79.9. The lowest BCUT2D eigenvalue weighted by Gasteiger charge is -2.07. The molecule has 1 aromatic carbocycles. The molecule has 0 bridgehead atoms. The third-order valence-corrected chi connectivity index (χ3v) is 2.48. The van der Waals surface area contributed by atoms with E-state index < -0.39 is 24.3 Å². The van der Waals surface area contributed by atoms with Crippen LogP contribution >= 0.6 is 15.9 Å². The number of hydrogen-bond acceptors (Lipinski definition) is 2. The number of benzene rings is 1. The van der Waals surface area contributed by atoms with Crippen molar-refractivity contribution >= 4 is 15.9 Å². The number of rotatable bonds is 3. The molecule has 2 N–H and O–H groups in total. The van der Waals surface area contributed by atoms with Crippen LogP contribution in [0.4, 0.5) is 8.78 Å². The highest BCUT2D eigenvalue weighted by Crippen LogP contribution is 2.21. The molecule has 0 aliphatic rings. The van der Waals surface area contributed by atoms with Crippen LogP contribution in [0.15, 0.2) is 16.6 Å². The van der Waals surface area contributed by atoms with Gasteiger partial charge in [0.2, 0.25) is 0 Å². The molecule has 2 nitrogen and oxygen atoms in total. The minimum atomic E-state index is -0.991. The van der Waals surface area contributed by atoms with Crippen LogP contribution in [0.5, 0.6) is 0 Å². The summed E-state index contributed by atoms with van der Waals surface area (Å²) in [7, 11) is 0. The second-order valence-corrected chi connectivity index (χ2v) is 3.71. The second-order valence-electron chi connectivity index (χ2n) is 2.91. The van der Waals surface area contributed by atoms with Gasteiger partial charge in [-0.1, -0.05) is 0 Å². The van der Waals surface area contributed by atoms with Gasteiger partial charge < -0.3 is 10.2 Å². The van der Waals surface area contributed by atoms with Crippen LogP contribution in [0, 0.1) is 11.6 Å². The number of hydrogen-bond donors (Lipinski definition) is 2. The Morgan fingerprint density at radius 1 is 1.29 bits per heavy atom. The molecule has 0 fully saturated rings. The molecular formula is C9H9BrF2O2. The molecule has 0 aliphatic heterocycles. The van der Waals surface area contributed by atoms with Gasteiger partial charge in [-0.2, -0.15) is 0 Å². The molecule has 78 valence electrons. The fourth-order valence-electron chi connectivity index (χ4n) is 1.06. The average molecular weight is 267 g/mol. The van der Waals surface area contributed by atoms with Crippen molar-refractivity contribution in [1.29, 1.82) is 0 Å². The lowest BCUT2D eigenvalue weighted by Crippen LogP contribution is -2.15. The van der Waals surface area contributed by atoms with E-state index in [1.165, 1.54) is 0 Å². The van der Waals surface area contributed by atoms with Crippen LogP contribution in [0.2, 0.25) is 0 Å². The Bertz CT molecular complexity index is 308. The number of halogens is 3. The zero-order chi connectivity index (χ0) is 10.7. The van der Waals surface area contributed by atoms with Gasteiger partial charge in [0.25, 0.3) is 0 Å². The smallest absolute Gasteiger partial charge is 0.140 e. The van der Waals surface area contributed by atoms with Gasteiger partial charge in [0, 0.05) is 6.42 Å². The molecule has 1 aromatic rings. The third-order valence-electron chi connectivity index (χ3n) is 1.73. The standard InChI is InChI=1S/C9H9BrF2O2/c10-9-7(11)2-5(3-8(9)12)1-6(14)4-13/h2-3,6,13-14H,1,4H2. The molecule has 5 heteroatoms. The Labute approximate surface area is 88.3 Å². The molecule has 14 heavy (non-hydrogen) atoms. The van der Waals surface area contributed by atoms with E-state index in [-0.39, 0.29) is 10.9 Å². The maximum atomic E-state index is 13.0. The van der Waals surface area contributed by atoms with Crippen molar-refractivity contribution < 1.29 is 19.0 Å². The maximum Gasteiger partial charge on any atom is 0.140 e. The molecule has 0 saturated carbocycles. The second kappa shape index (κ2) is 4.82. The van der Waals surface area contributed by atoms with Crippen molar-refractivity contribution in [3.05, 3.63) is 33.8 Å². The first-order valence-corrected chi connectivity index (χ1v) is 4.76. The van der Waals surface area contributed by atoms with Crippen LogP contribution < -0.4 is 0 Å². The van der Waals surface area contributed by atoms with Gasteiger partial charge in [-0.05, 0) is 33.6 Å². The first kappa shape index (κ1) is 11.6. The predicted molar refractivity (Wildman–Crippen MR) is 50.9 cm³/mol. The van der Waals surface area contributed by atoms with Crippen molar-refractivity contribution in [2.45, 2.75) is 12.5 Å². The van der Waals surface area contributed by atoms with Crippen LogP contribution in [-0.4, -0.2) is 22.9 Å². The molecule has 1 unspecified atom stereocenters. The zero-order valence-corrected chi connectivity index (χ0v) is 8.76. The molecule has 0 aromatic heterocycles. The Morgan fingerprint density at radius 2 is 1.79 bits per heavy atom. The van der Waals surface area contributed by atoms with Gasteiger partial charge in [0.15, 0.2) is 0 Å². The average Bonchev–Trinajstić information content (AvgIpc) is 2.14. The Balaban J connectivity index is 2.89. The summed E-state index contributed by atoms with van der Waals surface area (Å²) < 4.78 is 25.7. The highest BCUT2D eigenvalue weighted by Gasteiger charge is 2.10. The zero-order valence-electron chi connectivity index (χ0n) is 7.17. The Morgan fingerprint density at radius 3 is 2.21 bits per heavy atom. The van der Waals surface area contributed by atoms with Crippen LogP contribution in [0.3, 0.4) is 0 Å². The van der Waals surface area contributed by atoms with Gasteiger partial charge >= 0.3 is 0 Å². The van der Waals surface area contributed by atoms with E-state index in [1.54, 1.807) is 0 Å². The fourth-order valence-corrected chi connectivity index (χ4v) is 1.29. The first-order valence-electron chi connectivity index (χ1n) is 3.97. The highest BCUT2D eigenvalue weighted by molar-refractivity contribution is 9.10. The molecule has 0 saturated heterocycles. The number of aliphatic hydroxyl groups excluding tert-OH is 2. The molecule has 0 heterocycles. The van der Waals surface area contributed by atoms with Crippen molar-refractivity contribution in [1.82, 2.24) is 0 Å². The lowest BCUT2D eigenvalue weighted by atomic mass is 10.1. The Hall–Kier alpha value is -0.520. The van der Waals surface area contributed by atoms with E-state index in [9.17, 15) is 8.78 Å². The normalized spacial score (nSPS) is 12.9. The SMILES string of the molecule is OCC(O)Cc1cc(F)c(Br)c(F)c1. The Kier molecular flexibility index (Phi) is 3.97. The lowest BCUT2D eigenvalue weighted by molar-refractivity contribution is 0.0954. The number of aliphatic hydroxyl groups is 2. The van der Waals surface area contributed by atoms with E-state index in [0.717, 1.165) is 12.1 Å².